The van der Waals surface area contributed by atoms with Crippen LogP contribution in [0.3, 0.4) is 0 Å². The van der Waals surface area contributed by atoms with E-state index in [1.165, 1.54) is 0 Å². The first-order valence-electron chi connectivity index (χ1n) is 6.15. The Morgan fingerprint density at radius 2 is 2.41 bits per heavy atom. The third kappa shape index (κ3) is 3.09. The van der Waals surface area contributed by atoms with Gasteiger partial charge < -0.3 is 9.52 Å². The molecule has 1 atom stereocenters. The molecule has 0 amide bonds. The highest BCUT2D eigenvalue weighted by Crippen LogP contribution is 2.23. The van der Waals surface area contributed by atoms with Crippen molar-refractivity contribution in [1.82, 2.24) is 4.90 Å². The molecule has 1 aliphatic heterocycles. The Hall–Kier alpha value is -1.29. The topological polar surface area (TPSA) is 53.7 Å². The van der Waals surface area contributed by atoms with Crippen molar-refractivity contribution in [2.24, 2.45) is 0 Å². The molecule has 0 aromatic carbocycles. The van der Waals surface area contributed by atoms with Crippen molar-refractivity contribution in [2.45, 2.75) is 45.2 Å². The van der Waals surface area contributed by atoms with E-state index >= 15 is 0 Å². The number of aryl methyl sites for hydroxylation is 1. The molecule has 0 aliphatic carbocycles. The second-order valence-corrected chi connectivity index (χ2v) is 4.74. The van der Waals surface area contributed by atoms with Crippen LogP contribution in [0.15, 0.2) is 16.7 Å². The maximum absolute atomic E-state index is 10.8. The number of piperidine rings is 1. The first kappa shape index (κ1) is 12.2. The molecule has 0 spiro atoms. The summed E-state index contributed by atoms with van der Waals surface area (Å²) in [6.07, 6.45) is 5.19. The fourth-order valence-electron chi connectivity index (χ4n) is 2.45. The molecule has 0 radical (unpaired) electrons. The standard InChI is InChI=1S/C13H19NO3/c1-10-5-7-17-12(10)9-14-6-3-2-4-11(14)8-13(15)16/h5,7,11H,2-4,6,8-9H2,1H3,(H,15,16). The minimum atomic E-state index is -0.710. The van der Waals surface area contributed by atoms with Gasteiger partial charge in [-0.1, -0.05) is 6.42 Å². The number of furan rings is 1. The highest BCUT2D eigenvalue weighted by Gasteiger charge is 2.25. The molecule has 4 heteroatoms. The Morgan fingerprint density at radius 3 is 3.06 bits per heavy atom. The second kappa shape index (κ2) is 5.36. The van der Waals surface area contributed by atoms with E-state index in [4.69, 9.17) is 9.52 Å². The summed E-state index contributed by atoms with van der Waals surface area (Å²) in [5.74, 6) is 0.250. The second-order valence-electron chi connectivity index (χ2n) is 4.74. The summed E-state index contributed by atoms with van der Waals surface area (Å²) in [7, 11) is 0. The predicted molar refractivity (Wildman–Crippen MR) is 63.7 cm³/mol. The van der Waals surface area contributed by atoms with E-state index in [9.17, 15) is 4.79 Å². The van der Waals surface area contributed by atoms with Gasteiger partial charge in [0, 0.05) is 6.04 Å². The van der Waals surface area contributed by atoms with E-state index in [1.54, 1.807) is 6.26 Å². The first-order valence-corrected chi connectivity index (χ1v) is 6.15. The van der Waals surface area contributed by atoms with Gasteiger partial charge in [0.2, 0.25) is 0 Å². The summed E-state index contributed by atoms with van der Waals surface area (Å²) >= 11 is 0. The van der Waals surface area contributed by atoms with E-state index in [1.807, 2.05) is 13.0 Å². The van der Waals surface area contributed by atoms with Crippen LogP contribution in [0.4, 0.5) is 0 Å². The Morgan fingerprint density at radius 1 is 1.59 bits per heavy atom. The largest absolute Gasteiger partial charge is 0.481 e. The van der Waals surface area contributed by atoms with Crippen LogP contribution in [0.1, 0.15) is 37.0 Å². The average Bonchev–Trinajstić information content (AvgIpc) is 2.67. The zero-order valence-corrected chi connectivity index (χ0v) is 10.2. The van der Waals surface area contributed by atoms with Crippen LogP contribution in [0.2, 0.25) is 0 Å². The number of carboxylic acid groups (broad SMARTS) is 1. The zero-order valence-electron chi connectivity index (χ0n) is 10.2. The Labute approximate surface area is 101 Å². The number of carbonyl (C=O) groups is 1. The van der Waals surface area contributed by atoms with E-state index in [0.29, 0.717) is 0 Å². The SMILES string of the molecule is Cc1ccoc1CN1CCCCC1CC(=O)O. The number of likely N-dealkylation sites (tertiary alicyclic amines) is 1. The normalized spacial score (nSPS) is 21.6. The molecule has 94 valence electrons. The molecule has 2 rings (SSSR count). The van der Waals surface area contributed by atoms with Crippen molar-refractivity contribution in [2.75, 3.05) is 6.54 Å². The molecule has 0 bridgehead atoms. The van der Waals surface area contributed by atoms with Crippen LogP contribution in [0.5, 0.6) is 0 Å². The Bertz CT molecular complexity index is 386. The van der Waals surface area contributed by atoms with Crippen LogP contribution >= 0.6 is 0 Å². The summed E-state index contributed by atoms with van der Waals surface area (Å²) in [5, 5.41) is 8.91. The number of carboxylic acids is 1. The predicted octanol–water partition coefficient (Wildman–Crippen LogP) is 2.42. The van der Waals surface area contributed by atoms with Gasteiger partial charge in [0.05, 0.1) is 19.2 Å². The molecule has 1 unspecified atom stereocenters. The first-order chi connectivity index (χ1) is 8.16. The molecular weight excluding hydrogens is 218 g/mol. The van der Waals surface area contributed by atoms with Gasteiger partial charge in [-0.15, -0.1) is 0 Å². The third-order valence-electron chi connectivity index (χ3n) is 3.47. The zero-order chi connectivity index (χ0) is 12.3. The van der Waals surface area contributed by atoms with Crippen LogP contribution in [-0.2, 0) is 11.3 Å². The molecule has 0 saturated carbocycles. The quantitative estimate of drug-likeness (QED) is 0.873. The van der Waals surface area contributed by atoms with Gasteiger partial charge in [0.25, 0.3) is 0 Å². The molecule has 2 heterocycles. The molecule has 4 nitrogen and oxygen atoms in total. The summed E-state index contributed by atoms with van der Waals surface area (Å²) in [5.41, 5.74) is 1.14. The molecule has 17 heavy (non-hydrogen) atoms. The van der Waals surface area contributed by atoms with Crippen molar-refractivity contribution < 1.29 is 14.3 Å². The summed E-state index contributed by atoms with van der Waals surface area (Å²) in [6.45, 7) is 3.73. The van der Waals surface area contributed by atoms with Gasteiger partial charge in [0.15, 0.2) is 0 Å². The van der Waals surface area contributed by atoms with E-state index < -0.39 is 5.97 Å². The minimum Gasteiger partial charge on any atom is -0.481 e. The van der Waals surface area contributed by atoms with Crippen molar-refractivity contribution in [3.05, 3.63) is 23.7 Å². The summed E-state index contributed by atoms with van der Waals surface area (Å²) in [6, 6.07) is 2.11. The van der Waals surface area contributed by atoms with E-state index in [0.717, 1.165) is 43.7 Å². The highest BCUT2D eigenvalue weighted by atomic mass is 16.4. The lowest BCUT2D eigenvalue weighted by atomic mass is 9.99. The number of rotatable bonds is 4. The number of aliphatic carboxylic acids is 1. The summed E-state index contributed by atoms with van der Waals surface area (Å²) < 4.78 is 5.43. The maximum Gasteiger partial charge on any atom is 0.304 e. The van der Waals surface area contributed by atoms with E-state index in [2.05, 4.69) is 4.90 Å². The van der Waals surface area contributed by atoms with Crippen LogP contribution < -0.4 is 0 Å². The van der Waals surface area contributed by atoms with Gasteiger partial charge in [-0.25, -0.2) is 0 Å². The fourth-order valence-corrected chi connectivity index (χ4v) is 2.45. The van der Waals surface area contributed by atoms with Crippen molar-refractivity contribution >= 4 is 5.97 Å². The Kier molecular flexibility index (Phi) is 3.84. The van der Waals surface area contributed by atoms with E-state index in [-0.39, 0.29) is 12.5 Å². The van der Waals surface area contributed by atoms with Gasteiger partial charge in [-0.05, 0) is 37.9 Å². The van der Waals surface area contributed by atoms with Crippen molar-refractivity contribution in [3.63, 3.8) is 0 Å². The van der Waals surface area contributed by atoms with Gasteiger partial charge in [0.1, 0.15) is 5.76 Å². The van der Waals surface area contributed by atoms with Gasteiger partial charge >= 0.3 is 5.97 Å². The van der Waals surface area contributed by atoms with Crippen LogP contribution in [-0.4, -0.2) is 28.6 Å². The van der Waals surface area contributed by atoms with Crippen molar-refractivity contribution in [3.8, 4) is 0 Å². The minimum absolute atomic E-state index is 0.158. The Balaban J connectivity index is 2.01. The number of hydrogen-bond acceptors (Lipinski definition) is 3. The van der Waals surface area contributed by atoms with Crippen molar-refractivity contribution in [1.29, 1.82) is 0 Å². The average molecular weight is 237 g/mol. The lowest BCUT2D eigenvalue weighted by Crippen LogP contribution is -2.40. The maximum atomic E-state index is 10.8. The molecule has 1 fully saturated rings. The van der Waals surface area contributed by atoms with Gasteiger partial charge in [-0.2, -0.15) is 0 Å². The fraction of sp³-hybridized carbons (Fsp3) is 0.615. The lowest BCUT2D eigenvalue weighted by molar-refractivity contribution is -0.138. The number of nitrogens with zero attached hydrogens (tertiary/aromatic N) is 1. The van der Waals surface area contributed by atoms with Crippen LogP contribution in [0, 0.1) is 6.92 Å². The molecule has 1 aromatic rings. The monoisotopic (exact) mass is 237 g/mol. The molecule has 1 aromatic heterocycles. The molecular formula is C13H19NO3. The molecule has 1 saturated heterocycles. The molecule has 1 N–H and O–H groups in total. The summed E-state index contributed by atoms with van der Waals surface area (Å²) in [4.78, 5) is 13.1. The smallest absolute Gasteiger partial charge is 0.304 e. The number of hydrogen-bond donors (Lipinski definition) is 1. The van der Waals surface area contributed by atoms with Gasteiger partial charge in [-0.3, -0.25) is 9.69 Å². The third-order valence-corrected chi connectivity index (χ3v) is 3.47. The molecule has 1 aliphatic rings. The van der Waals surface area contributed by atoms with Crippen LogP contribution in [0.25, 0.3) is 0 Å². The lowest BCUT2D eigenvalue weighted by Gasteiger charge is -2.34. The highest BCUT2D eigenvalue weighted by molar-refractivity contribution is 5.67.